The van der Waals surface area contributed by atoms with E-state index in [2.05, 4.69) is 34.3 Å². The molecular weight excluding hydrogens is 248 g/mol. The SMILES string of the molecule is C=CCOC(=O)[C@@]1(C)CCC[C@H]2C(C)(C)CCCC21C. The van der Waals surface area contributed by atoms with Crippen LogP contribution in [0.3, 0.4) is 0 Å². The number of hydrogen-bond acceptors (Lipinski definition) is 2. The first-order valence-corrected chi connectivity index (χ1v) is 8.06. The van der Waals surface area contributed by atoms with E-state index in [4.69, 9.17) is 4.74 Å². The molecule has 2 saturated carbocycles. The lowest BCUT2D eigenvalue weighted by atomic mass is 9.43. The van der Waals surface area contributed by atoms with Crippen molar-refractivity contribution < 1.29 is 9.53 Å². The maximum Gasteiger partial charge on any atom is 0.312 e. The summed E-state index contributed by atoms with van der Waals surface area (Å²) in [6.45, 7) is 13.2. The van der Waals surface area contributed by atoms with Gasteiger partial charge in [0.2, 0.25) is 0 Å². The molecule has 0 amide bonds. The summed E-state index contributed by atoms with van der Waals surface area (Å²) < 4.78 is 5.46. The van der Waals surface area contributed by atoms with Gasteiger partial charge in [0.25, 0.3) is 0 Å². The van der Waals surface area contributed by atoms with Gasteiger partial charge < -0.3 is 4.74 Å². The van der Waals surface area contributed by atoms with Crippen molar-refractivity contribution in [2.75, 3.05) is 6.61 Å². The molecule has 0 radical (unpaired) electrons. The zero-order chi connectivity index (χ0) is 15.0. The highest BCUT2D eigenvalue weighted by Crippen LogP contribution is 2.64. The van der Waals surface area contributed by atoms with Crippen LogP contribution in [-0.4, -0.2) is 12.6 Å². The smallest absolute Gasteiger partial charge is 0.312 e. The number of rotatable bonds is 3. The van der Waals surface area contributed by atoms with E-state index >= 15 is 0 Å². The van der Waals surface area contributed by atoms with Crippen LogP contribution in [0.25, 0.3) is 0 Å². The van der Waals surface area contributed by atoms with Crippen LogP contribution in [-0.2, 0) is 9.53 Å². The average molecular weight is 278 g/mol. The zero-order valence-corrected chi connectivity index (χ0v) is 13.6. The Labute approximate surface area is 124 Å². The number of fused-ring (bicyclic) bond motifs is 1. The summed E-state index contributed by atoms with van der Waals surface area (Å²) in [7, 11) is 0. The third-order valence-corrected chi connectivity index (χ3v) is 6.44. The van der Waals surface area contributed by atoms with Crippen LogP contribution in [0.2, 0.25) is 0 Å². The molecule has 2 nitrogen and oxygen atoms in total. The molecule has 0 aromatic rings. The Balaban J connectivity index is 2.33. The highest BCUT2D eigenvalue weighted by molar-refractivity contribution is 5.78. The Morgan fingerprint density at radius 3 is 2.55 bits per heavy atom. The van der Waals surface area contributed by atoms with Gasteiger partial charge in [0, 0.05) is 0 Å². The predicted octanol–water partition coefficient (Wildman–Crippen LogP) is 4.74. The van der Waals surface area contributed by atoms with Gasteiger partial charge in [-0.2, -0.15) is 0 Å². The summed E-state index contributed by atoms with van der Waals surface area (Å²) in [6, 6.07) is 0. The monoisotopic (exact) mass is 278 g/mol. The lowest BCUT2D eigenvalue weighted by Gasteiger charge is -2.60. The van der Waals surface area contributed by atoms with Crippen LogP contribution in [0.15, 0.2) is 12.7 Å². The van der Waals surface area contributed by atoms with E-state index in [-0.39, 0.29) is 16.8 Å². The van der Waals surface area contributed by atoms with Crippen molar-refractivity contribution in [3.63, 3.8) is 0 Å². The molecule has 0 N–H and O–H groups in total. The first-order valence-electron chi connectivity index (χ1n) is 8.06. The van der Waals surface area contributed by atoms with Gasteiger partial charge in [-0.1, -0.05) is 46.3 Å². The fraction of sp³-hybridized carbons (Fsp3) is 0.833. The van der Waals surface area contributed by atoms with Crippen molar-refractivity contribution in [2.24, 2.45) is 22.2 Å². The lowest BCUT2D eigenvalue weighted by Crippen LogP contribution is -2.57. The molecule has 0 spiro atoms. The third kappa shape index (κ3) is 2.21. The fourth-order valence-electron chi connectivity index (χ4n) is 5.07. The van der Waals surface area contributed by atoms with E-state index in [1.807, 2.05) is 0 Å². The van der Waals surface area contributed by atoms with Crippen LogP contribution >= 0.6 is 0 Å². The molecule has 0 aliphatic heterocycles. The average Bonchev–Trinajstić information content (AvgIpc) is 2.37. The molecule has 2 aliphatic carbocycles. The Morgan fingerprint density at radius 2 is 1.90 bits per heavy atom. The molecule has 0 saturated heterocycles. The van der Waals surface area contributed by atoms with E-state index in [1.54, 1.807) is 6.08 Å². The molecule has 2 heteroatoms. The lowest BCUT2D eigenvalue weighted by molar-refractivity contribution is -0.182. The van der Waals surface area contributed by atoms with E-state index in [0.717, 1.165) is 19.3 Å². The first kappa shape index (κ1) is 15.6. The molecule has 0 aromatic carbocycles. The molecule has 114 valence electrons. The second-order valence-electron chi connectivity index (χ2n) is 7.92. The summed E-state index contributed by atoms with van der Waals surface area (Å²) in [5.41, 5.74) is 0.0786. The Morgan fingerprint density at radius 1 is 1.20 bits per heavy atom. The molecule has 2 rings (SSSR count). The number of carbonyl (C=O) groups excluding carboxylic acids is 1. The van der Waals surface area contributed by atoms with Crippen LogP contribution in [0, 0.1) is 22.2 Å². The van der Waals surface area contributed by atoms with Crippen LogP contribution in [0.1, 0.15) is 66.2 Å². The van der Waals surface area contributed by atoms with E-state index in [0.29, 0.717) is 17.9 Å². The van der Waals surface area contributed by atoms with Crippen molar-refractivity contribution in [3.8, 4) is 0 Å². The van der Waals surface area contributed by atoms with Gasteiger partial charge in [-0.15, -0.1) is 0 Å². The van der Waals surface area contributed by atoms with Crippen molar-refractivity contribution in [1.29, 1.82) is 0 Å². The summed E-state index contributed by atoms with van der Waals surface area (Å²) >= 11 is 0. The summed E-state index contributed by atoms with van der Waals surface area (Å²) in [5.74, 6) is 0.612. The Kier molecular flexibility index (Phi) is 4.05. The predicted molar refractivity (Wildman–Crippen MR) is 82.3 cm³/mol. The first-order chi connectivity index (χ1) is 9.28. The van der Waals surface area contributed by atoms with Gasteiger partial charge in [0.1, 0.15) is 6.61 Å². The number of hydrogen-bond donors (Lipinski definition) is 0. The van der Waals surface area contributed by atoms with Gasteiger partial charge in [-0.3, -0.25) is 4.79 Å². The van der Waals surface area contributed by atoms with Gasteiger partial charge in [0.15, 0.2) is 0 Å². The number of carbonyl (C=O) groups is 1. The van der Waals surface area contributed by atoms with Gasteiger partial charge in [-0.25, -0.2) is 0 Å². The molecule has 0 bridgehead atoms. The third-order valence-electron chi connectivity index (χ3n) is 6.44. The van der Waals surface area contributed by atoms with Crippen LogP contribution in [0.4, 0.5) is 0 Å². The molecule has 1 unspecified atom stereocenters. The largest absolute Gasteiger partial charge is 0.461 e. The van der Waals surface area contributed by atoms with Crippen LogP contribution in [0.5, 0.6) is 0 Å². The maximum absolute atomic E-state index is 12.7. The second-order valence-corrected chi connectivity index (χ2v) is 7.92. The molecule has 0 aromatic heterocycles. The van der Waals surface area contributed by atoms with Crippen molar-refractivity contribution in [3.05, 3.63) is 12.7 Å². The molecule has 2 fully saturated rings. The minimum Gasteiger partial charge on any atom is -0.461 e. The van der Waals surface area contributed by atoms with E-state index < -0.39 is 0 Å². The van der Waals surface area contributed by atoms with Crippen molar-refractivity contribution in [1.82, 2.24) is 0 Å². The zero-order valence-electron chi connectivity index (χ0n) is 13.6. The normalized spacial score (nSPS) is 39.7. The van der Waals surface area contributed by atoms with E-state index in [9.17, 15) is 4.79 Å². The molecule has 0 heterocycles. The molecular formula is C18H30O2. The Hall–Kier alpha value is -0.790. The topological polar surface area (TPSA) is 26.3 Å². The highest BCUT2D eigenvalue weighted by Gasteiger charge is 2.60. The van der Waals surface area contributed by atoms with Gasteiger partial charge >= 0.3 is 5.97 Å². The van der Waals surface area contributed by atoms with E-state index in [1.165, 1.54) is 19.3 Å². The second kappa shape index (κ2) is 5.20. The Bertz CT molecular complexity index is 398. The number of ether oxygens (including phenoxy) is 1. The standard InChI is InChI=1S/C18H30O2/c1-6-13-20-15(19)18(5)11-7-9-14-16(2,3)10-8-12-17(14,18)4/h6,14H,1,7-13H2,2-5H3/t14-,17?,18+/m0/s1. The quantitative estimate of drug-likeness (QED) is 0.550. The number of esters is 1. The van der Waals surface area contributed by atoms with Crippen molar-refractivity contribution in [2.45, 2.75) is 66.2 Å². The van der Waals surface area contributed by atoms with Crippen LogP contribution < -0.4 is 0 Å². The minimum atomic E-state index is -0.337. The highest BCUT2D eigenvalue weighted by atomic mass is 16.5. The molecule has 20 heavy (non-hydrogen) atoms. The van der Waals surface area contributed by atoms with Gasteiger partial charge in [-0.05, 0) is 49.4 Å². The summed E-state index contributed by atoms with van der Waals surface area (Å²) in [6.07, 6.45) is 8.69. The minimum absolute atomic E-state index is 0.0118. The maximum atomic E-state index is 12.7. The van der Waals surface area contributed by atoms with Gasteiger partial charge in [0.05, 0.1) is 5.41 Å². The molecule has 2 aliphatic rings. The fourth-order valence-corrected chi connectivity index (χ4v) is 5.07. The summed E-state index contributed by atoms with van der Waals surface area (Å²) in [5, 5.41) is 0. The van der Waals surface area contributed by atoms with Crippen molar-refractivity contribution >= 4 is 5.97 Å². The summed E-state index contributed by atoms with van der Waals surface area (Å²) in [4.78, 5) is 12.7. The molecule has 3 atom stereocenters.